The van der Waals surface area contributed by atoms with E-state index >= 15 is 0 Å². The highest BCUT2D eigenvalue weighted by atomic mass is 16.5. The third kappa shape index (κ3) is 3.24. The molecule has 0 aromatic rings. The number of hydrogen-bond acceptors (Lipinski definition) is 2. The number of carbonyl (C=O) groups is 1. The lowest BCUT2D eigenvalue weighted by Crippen LogP contribution is -2.14. The van der Waals surface area contributed by atoms with Crippen molar-refractivity contribution in [3.05, 3.63) is 0 Å². The molecule has 0 saturated carbocycles. The van der Waals surface area contributed by atoms with Crippen LogP contribution in [0.15, 0.2) is 0 Å². The number of unbranched alkanes of at least 4 members (excludes halogenated alkanes) is 1. The Morgan fingerprint density at radius 3 is 3.08 bits per heavy atom. The van der Waals surface area contributed by atoms with Crippen LogP contribution in [0.4, 0.5) is 0 Å². The number of esters is 1. The van der Waals surface area contributed by atoms with Crippen molar-refractivity contribution < 1.29 is 9.53 Å². The molecule has 70 valence electrons. The minimum atomic E-state index is 0.00797. The second kappa shape index (κ2) is 5.18. The number of hydrogen-bond donors (Lipinski definition) is 0. The first kappa shape index (κ1) is 9.56. The quantitative estimate of drug-likeness (QED) is 0.609. The van der Waals surface area contributed by atoms with Gasteiger partial charge in [0.1, 0.15) is 6.10 Å². The van der Waals surface area contributed by atoms with Crippen molar-refractivity contribution in [1.82, 2.24) is 0 Å². The molecule has 0 bridgehead atoms. The van der Waals surface area contributed by atoms with E-state index in [1.165, 1.54) is 12.8 Å². The second-order valence-electron chi connectivity index (χ2n) is 3.50. The molecule has 1 saturated heterocycles. The first-order chi connectivity index (χ1) is 5.83. The lowest BCUT2D eigenvalue weighted by atomic mass is 10.1. The molecule has 1 heterocycles. The van der Waals surface area contributed by atoms with Crippen molar-refractivity contribution in [2.24, 2.45) is 0 Å². The predicted octanol–water partition coefficient (Wildman–Crippen LogP) is 2.66. The van der Waals surface area contributed by atoms with Crippen molar-refractivity contribution in [1.29, 1.82) is 0 Å². The Morgan fingerprint density at radius 1 is 1.50 bits per heavy atom. The van der Waals surface area contributed by atoms with Crippen LogP contribution in [0.3, 0.4) is 0 Å². The van der Waals surface area contributed by atoms with E-state index in [-0.39, 0.29) is 12.1 Å². The maximum absolute atomic E-state index is 11.0. The predicted molar refractivity (Wildman–Crippen MR) is 47.9 cm³/mol. The van der Waals surface area contributed by atoms with Crippen LogP contribution in [0, 0.1) is 0 Å². The number of carbonyl (C=O) groups excluding carboxylic acids is 1. The molecule has 2 nitrogen and oxygen atoms in total. The summed E-state index contributed by atoms with van der Waals surface area (Å²) in [6.45, 7) is 2.17. The fourth-order valence-corrected chi connectivity index (χ4v) is 1.58. The normalized spacial score (nSPS) is 24.8. The highest BCUT2D eigenvalue weighted by molar-refractivity contribution is 5.69. The minimum absolute atomic E-state index is 0.00797. The molecule has 0 spiro atoms. The van der Waals surface area contributed by atoms with Crippen molar-refractivity contribution in [2.75, 3.05) is 0 Å². The van der Waals surface area contributed by atoms with Gasteiger partial charge in [-0.1, -0.05) is 19.8 Å². The Labute approximate surface area is 74.3 Å². The SMILES string of the molecule is CCCC[C@@H]1CCCCC(=O)O1. The zero-order valence-corrected chi connectivity index (χ0v) is 7.84. The molecule has 1 fully saturated rings. The molecular weight excluding hydrogens is 152 g/mol. The Morgan fingerprint density at radius 2 is 2.33 bits per heavy atom. The van der Waals surface area contributed by atoms with Gasteiger partial charge in [-0.3, -0.25) is 4.79 Å². The molecule has 0 aromatic heterocycles. The molecule has 0 aliphatic carbocycles. The molecule has 1 aliphatic rings. The standard InChI is InChI=1S/C10H18O2/c1-2-3-6-9-7-4-5-8-10(11)12-9/h9H,2-8H2,1H3/t9-/m1/s1. The minimum Gasteiger partial charge on any atom is -0.462 e. The first-order valence-electron chi connectivity index (χ1n) is 5.02. The molecule has 12 heavy (non-hydrogen) atoms. The van der Waals surface area contributed by atoms with E-state index in [0.29, 0.717) is 6.42 Å². The zero-order valence-electron chi connectivity index (χ0n) is 7.84. The van der Waals surface area contributed by atoms with Crippen LogP contribution < -0.4 is 0 Å². The van der Waals surface area contributed by atoms with Crippen LogP contribution in [0.25, 0.3) is 0 Å². The van der Waals surface area contributed by atoms with Crippen LogP contribution in [-0.2, 0) is 9.53 Å². The van der Waals surface area contributed by atoms with Crippen molar-refractivity contribution >= 4 is 5.97 Å². The topological polar surface area (TPSA) is 26.3 Å². The molecule has 0 N–H and O–H groups in total. The maximum atomic E-state index is 11.0. The van der Waals surface area contributed by atoms with Gasteiger partial charge >= 0.3 is 5.97 Å². The van der Waals surface area contributed by atoms with Gasteiger partial charge in [-0.15, -0.1) is 0 Å². The Bertz CT molecular complexity index is 143. The van der Waals surface area contributed by atoms with E-state index in [1.54, 1.807) is 0 Å². The maximum Gasteiger partial charge on any atom is 0.306 e. The monoisotopic (exact) mass is 170 g/mol. The third-order valence-corrected chi connectivity index (χ3v) is 2.33. The van der Waals surface area contributed by atoms with Gasteiger partial charge < -0.3 is 4.74 Å². The van der Waals surface area contributed by atoms with Crippen LogP contribution in [0.1, 0.15) is 51.9 Å². The number of cyclic esters (lactones) is 1. The Balaban J connectivity index is 2.26. The van der Waals surface area contributed by atoms with Crippen LogP contribution in [0.5, 0.6) is 0 Å². The first-order valence-corrected chi connectivity index (χ1v) is 5.02. The van der Waals surface area contributed by atoms with Gasteiger partial charge in [-0.2, -0.15) is 0 Å². The Hall–Kier alpha value is -0.530. The molecule has 1 aliphatic heterocycles. The highest BCUT2D eigenvalue weighted by Gasteiger charge is 2.17. The van der Waals surface area contributed by atoms with Gasteiger partial charge in [0.2, 0.25) is 0 Å². The molecular formula is C10H18O2. The van der Waals surface area contributed by atoms with Gasteiger partial charge in [0.05, 0.1) is 0 Å². The lowest BCUT2D eigenvalue weighted by Gasteiger charge is -2.13. The largest absolute Gasteiger partial charge is 0.462 e. The van der Waals surface area contributed by atoms with Gasteiger partial charge in [-0.25, -0.2) is 0 Å². The van der Waals surface area contributed by atoms with Crippen molar-refractivity contribution in [3.63, 3.8) is 0 Å². The summed E-state index contributed by atoms with van der Waals surface area (Å²) in [7, 11) is 0. The van der Waals surface area contributed by atoms with Crippen molar-refractivity contribution in [2.45, 2.75) is 58.0 Å². The lowest BCUT2D eigenvalue weighted by molar-refractivity contribution is -0.148. The van der Waals surface area contributed by atoms with Crippen molar-refractivity contribution in [3.8, 4) is 0 Å². The summed E-state index contributed by atoms with van der Waals surface area (Å²) in [5.41, 5.74) is 0. The van der Waals surface area contributed by atoms with E-state index in [4.69, 9.17) is 4.74 Å². The van der Waals surface area contributed by atoms with Crippen LogP contribution in [0.2, 0.25) is 0 Å². The summed E-state index contributed by atoms with van der Waals surface area (Å²) in [5, 5.41) is 0. The average Bonchev–Trinajstić information content (AvgIpc) is 2.26. The average molecular weight is 170 g/mol. The summed E-state index contributed by atoms with van der Waals surface area (Å²) < 4.78 is 5.27. The number of ether oxygens (including phenoxy) is 1. The molecule has 2 heteroatoms. The zero-order chi connectivity index (χ0) is 8.81. The van der Waals surface area contributed by atoms with E-state index in [0.717, 1.165) is 25.7 Å². The van der Waals surface area contributed by atoms with Crippen LogP contribution >= 0.6 is 0 Å². The fraction of sp³-hybridized carbons (Fsp3) is 0.900. The second-order valence-corrected chi connectivity index (χ2v) is 3.50. The smallest absolute Gasteiger partial charge is 0.306 e. The summed E-state index contributed by atoms with van der Waals surface area (Å²) in [6.07, 6.45) is 7.52. The number of rotatable bonds is 3. The van der Waals surface area contributed by atoms with Gasteiger partial charge in [0, 0.05) is 6.42 Å². The third-order valence-electron chi connectivity index (χ3n) is 2.33. The van der Waals surface area contributed by atoms with Gasteiger partial charge in [-0.05, 0) is 25.7 Å². The summed E-state index contributed by atoms with van der Waals surface area (Å²) in [4.78, 5) is 11.0. The van der Waals surface area contributed by atoms with E-state index < -0.39 is 0 Å². The Kier molecular flexibility index (Phi) is 4.12. The molecule has 0 unspecified atom stereocenters. The van der Waals surface area contributed by atoms with E-state index in [2.05, 4.69) is 6.92 Å². The molecule has 0 radical (unpaired) electrons. The van der Waals surface area contributed by atoms with E-state index in [9.17, 15) is 4.79 Å². The summed E-state index contributed by atoms with van der Waals surface area (Å²) in [5.74, 6) is 0.00797. The molecule has 1 atom stereocenters. The summed E-state index contributed by atoms with van der Waals surface area (Å²) >= 11 is 0. The van der Waals surface area contributed by atoms with Crippen LogP contribution in [-0.4, -0.2) is 12.1 Å². The highest BCUT2D eigenvalue weighted by Crippen LogP contribution is 2.18. The van der Waals surface area contributed by atoms with Gasteiger partial charge in [0.25, 0.3) is 0 Å². The molecule has 0 amide bonds. The summed E-state index contributed by atoms with van der Waals surface area (Å²) in [6, 6.07) is 0. The fourth-order valence-electron chi connectivity index (χ4n) is 1.58. The molecule has 0 aromatic carbocycles. The van der Waals surface area contributed by atoms with Gasteiger partial charge in [0.15, 0.2) is 0 Å². The van der Waals surface area contributed by atoms with E-state index in [1.807, 2.05) is 0 Å². The molecule has 1 rings (SSSR count).